The van der Waals surface area contributed by atoms with Gasteiger partial charge in [-0.1, -0.05) is 36.4 Å². The molecule has 1 saturated heterocycles. The molecule has 1 aromatic rings. The number of amides is 2. The Morgan fingerprint density at radius 3 is 2.80 bits per heavy atom. The molecule has 0 saturated carbocycles. The Morgan fingerprint density at radius 2 is 1.97 bits per heavy atom. The summed E-state index contributed by atoms with van der Waals surface area (Å²) < 4.78 is 11.0. The van der Waals surface area contributed by atoms with Gasteiger partial charge >= 0.3 is 12.2 Å². The van der Waals surface area contributed by atoms with Gasteiger partial charge < -0.3 is 20.5 Å². The molecule has 2 amide bonds. The van der Waals surface area contributed by atoms with E-state index < -0.39 is 18.4 Å². The number of fused-ring (bicyclic) bond motifs is 5. The van der Waals surface area contributed by atoms with Crippen LogP contribution in [-0.2, 0) is 9.47 Å². The van der Waals surface area contributed by atoms with E-state index in [9.17, 15) is 9.59 Å². The minimum atomic E-state index is -0.486. The highest BCUT2D eigenvalue weighted by molar-refractivity contribution is 6.01. The van der Waals surface area contributed by atoms with E-state index in [0.29, 0.717) is 17.8 Å². The number of carbonyl (C=O) groups is 2. The Labute approximate surface area is 205 Å². The van der Waals surface area contributed by atoms with Crippen molar-refractivity contribution in [3.63, 3.8) is 0 Å². The first-order chi connectivity index (χ1) is 17.0. The van der Waals surface area contributed by atoms with E-state index in [1.807, 2.05) is 55.5 Å². The van der Waals surface area contributed by atoms with Crippen LogP contribution in [0.4, 0.5) is 21.0 Å². The minimum absolute atomic E-state index is 0.269. The van der Waals surface area contributed by atoms with Gasteiger partial charge in [-0.15, -0.1) is 0 Å². The number of hydrogen-bond acceptors (Lipinski definition) is 6. The molecule has 182 valence electrons. The number of carbonyl (C=O) groups excluding carboxylic acids is 2. The maximum absolute atomic E-state index is 13.5. The van der Waals surface area contributed by atoms with Crippen LogP contribution in [0.15, 0.2) is 71.6 Å². The van der Waals surface area contributed by atoms with Crippen molar-refractivity contribution in [1.29, 1.82) is 0 Å². The SMILES string of the molecule is COC(=O)N1c2ccc(C3=C(N)CC=CC=C3)cc2N(C(=O)OC2NC3=CC=C2CCC3)CC1C. The molecule has 8 heteroatoms. The normalized spacial score (nSPS) is 23.0. The molecular formula is C27H30N4O4. The smallest absolute Gasteiger partial charge is 0.416 e. The Balaban J connectivity index is 1.51. The molecule has 0 radical (unpaired) electrons. The number of benzene rings is 1. The second-order valence-corrected chi connectivity index (χ2v) is 9.13. The summed E-state index contributed by atoms with van der Waals surface area (Å²) >= 11 is 0. The number of nitrogens with two attached hydrogens (primary N) is 1. The summed E-state index contributed by atoms with van der Waals surface area (Å²) in [6.07, 6.45) is 14.0. The van der Waals surface area contributed by atoms with E-state index in [-0.39, 0.29) is 12.6 Å². The van der Waals surface area contributed by atoms with Crippen LogP contribution in [0.3, 0.4) is 0 Å². The molecule has 2 bridgehead atoms. The number of anilines is 2. The van der Waals surface area contributed by atoms with Crippen LogP contribution in [0.25, 0.3) is 5.57 Å². The highest BCUT2D eigenvalue weighted by atomic mass is 16.6. The van der Waals surface area contributed by atoms with Crippen molar-refractivity contribution in [3.8, 4) is 0 Å². The molecule has 2 aliphatic carbocycles. The summed E-state index contributed by atoms with van der Waals surface area (Å²) in [5.74, 6) is 0. The molecule has 3 N–H and O–H groups in total. The number of nitrogens with one attached hydrogen (secondary N) is 1. The average Bonchev–Trinajstić information content (AvgIpc) is 3.30. The van der Waals surface area contributed by atoms with Crippen molar-refractivity contribution < 1.29 is 19.1 Å². The molecule has 3 heterocycles. The van der Waals surface area contributed by atoms with Crippen LogP contribution in [0.5, 0.6) is 0 Å². The fraction of sp³-hybridized carbons (Fsp3) is 0.333. The Morgan fingerprint density at radius 1 is 1.11 bits per heavy atom. The highest BCUT2D eigenvalue weighted by Gasteiger charge is 2.38. The number of rotatable bonds is 2. The Kier molecular flexibility index (Phi) is 6.11. The average molecular weight is 475 g/mol. The molecule has 5 aliphatic rings. The topological polar surface area (TPSA) is 97.1 Å². The lowest BCUT2D eigenvalue weighted by atomic mass is 9.99. The van der Waals surface area contributed by atoms with Crippen molar-refractivity contribution in [1.82, 2.24) is 5.32 Å². The quantitative estimate of drug-likeness (QED) is 0.644. The minimum Gasteiger partial charge on any atom is -0.452 e. The van der Waals surface area contributed by atoms with Crippen LogP contribution in [0, 0.1) is 0 Å². The van der Waals surface area contributed by atoms with Gasteiger partial charge in [0.2, 0.25) is 0 Å². The summed E-state index contributed by atoms with van der Waals surface area (Å²) in [6, 6.07) is 5.34. The van der Waals surface area contributed by atoms with Gasteiger partial charge in [-0.05, 0) is 55.5 Å². The first kappa shape index (κ1) is 22.8. The van der Waals surface area contributed by atoms with E-state index >= 15 is 0 Å². The van der Waals surface area contributed by atoms with Gasteiger partial charge in [0.15, 0.2) is 6.23 Å². The lowest BCUT2D eigenvalue weighted by Crippen LogP contribution is -2.53. The number of nitrogens with zero attached hydrogens (tertiary/aromatic N) is 2. The molecule has 0 aromatic heterocycles. The van der Waals surface area contributed by atoms with Crippen LogP contribution < -0.4 is 20.9 Å². The number of hydrogen-bond donors (Lipinski definition) is 2. The van der Waals surface area contributed by atoms with Gasteiger partial charge in [0, 0.05) is 23.4 Å². The van der Waals surface area contributed by atoms with Crippen LogP contribution in [-0.4, -0.2) is 38.1 Å². The maximum Gasteiger partial charge on any atom is 0.416 e. The van der Waals surface area contributed by atoms with E-state index in [2.05, 4.69) is 11.4 Å². The zero-order chi connectivity index (χ0) is 24.5. The van der Waals surface area contributed by atoms with Gasteiger partial charge in [0.05, 0.1) is 31.1 Å². The molecule has 3 aliphatic heterocycles. The number of methoxy groups -OCH3 is 1. The molecule has 35 heavy (non-hydrogen) atoms. The summed E-state index contributed by atoms with van der Waals surface area (Å²) in [5.41, 5.74) is 12.1. The second kappa shape index (κ2) is 9.37. The summed E-state index contributed by atoms with van der Waals surface area (Å²) in [6.45, 7) is 2.15. The third kappa shape index (κ3) is 4.32. The highest BCUT2D eigenvalue weighted by Crippen LogP contribution is 2.39. The zero-order valence-electron chi connectivity index (χ0n) is 20.0. The first-order valence-electron chi connectivity index (χ1n) is 11.9. The van der Waals surface area contributed by atoms with Crippen molar-refractivity contribution >= 4 is 29.1 Å². The van der Waals surface area contributed by atoms with Gasteiger partial charge in [-0.25, -0.2) is 9.59 Å². The summed E-state index contributed by atoms with van der Waals surface area (Å²) in [4.78, 5) is 29.4. The van der Waals surface area contributed by atoms with Crippen LogP contribution in [0.1, 0.15) is 38.2 Å². The molecule has 2 atom stereocenters. The Hall–Kier alpha value is -3.94. The van der Waals surface area contributed by atoms with E-state index in [1.165, 1.54) is 7.11 Å². The molecule has 6 rings (SSSR count). The third-order valence-electron chi connectivity index (χ3n) is 6.79. The van der Waals surface area contributed by atoms with Gasteiger partial charge in [0.25, 0.3) is 0 Å². The molecule has 1 fully saturated rings. The van der Waals surface area contributed by atoms with Gasteiger partial charge in [-0.2, -0.15) is 0 Å². The van der Waals surface area contributed by atoms with Crippen LogP contribution >= 0.6 is 0 Å². The van der Waals surface area contributed by atoms with Crippen LogP contribution in [0.2, 0.25) is 0 Å². The molecule has 2 unspecified atom stereocenters. The fourth-order valence-corrected chi connectivity index (χ4v) is 4.99. The largest absolute Gasteiger partial charge is 0.452 e. The summed E-state index contributed by atoms with van der Waals surface area (Å²) in [7, 11) is 1.35. The van der Waals surface area contributed by atoms with Crippen molar-refractivity contribution in [2.24, 2.45) is 5.73 Å². The van der Waals surface area contributed by atoms with Gasteiger partial charge in [0.1, 0.15) is 0 Å². The van der Waals surface area contributed by atoms with E-state index in [1.54, 1.807) is 9.80 Å². The number of dihydropyridines is 1. The monoisotopic (exact) mass is 474 g/mol. The van der Waals surface area contributed by atoms with E-state index in [4.69, 9.17) is 15.2 Å². The predicted molar refractivity (Wildman–Crippen MR) is 136 cm³/mol. The lowest BCUT2D eigenvalue weighted by molar-refractivity contribution is 0.107. The zero-order valence-corrected chi connectivity index (χ0v) is 20.0. The molecular weight excluding hydrogens is 444 g/mol. The van der Waals surface area contributed by atoms with Gasteiger partial charge in [-0.3, -0.25) is 9.80 Å². The first-order valence-corrected chi connectivity index (χ1v) is 11.9. The maximum atomic E-state index is 13.5. The second-order valence-electron chi connectivity index (χ2n) is 9.13. The predicted octanol–water partition coefficient (Wildman–Crippen LogP) is 4.71. The number of ether oxygens (including phenoxy) is 2. The molecule has 8 nitrogen and oxygen atoms in total. The van der Waals surface area contributed by atoms with Crippen molar-refractivity contribution in [2.75, 3.05) is 23.5 Å². The molecule has 0 spiro atoms. The Bertz CT molecular complexity index is 1210. The van der Waals surface area contributed by atoms with Crippen molar-refractivity contribution in [3.05, 3.63) is 77.2 Å². The molecule has 1 aromatic carbocycles. The van der Waals surface area contributed by atoms with Crippen molar-refractivity contribution in [2.45, 2.75) is 44.9 Å². The van der Waals surface area contributed by atoms with E-state index in [0.717, 1.165) is 47.4 Å². The number of allylic oxidation sites excluding steroid dienone is 8. The standard InChI is InChI=1S/C27H30N4O4/c1-17-16-30(26(32)35-25-18-7-6-8-20(29-25)13-11-18)24-15-19(21-9-4-3-5-10-22(21)28)12-14-23(24)31(17)27(33)34-2/h3-5,9,11-15,17,25,29H,6-8,10,16,28H2,1-2H3. The third-order valence-corrected chi connectivity index (χ3v) is 6.79. The lowest BCUT2D eigenvalue weighted by Gasteiger charge is -2.40. The summed E-state index contributed by atoms with van der Waals surface area (Å²) in [5, 5.41) is 3.33. The fourth-order valence-electron chi connectivity index (χ4n) is 4.99.